The van der Waals surface area contributed by atoms with Gasteiger partial charge >= 0.3 is 0 Å². The zero-order valence-electron chi connectivity index (χ0n) is 10.6. The number of fused-ring (bicyclic) bond motifs is 3. The zero-order chi connectivity index (χ0) is 13.1. The first-order valence-electron chi connectivity index (χ1n) is 6.39. The molecule has 18 heavy (non-hydrogen) atoms. The molecule has 0 aromatic heterocycles. The van der Waals surface area contributed by atoms with E-state index >= 15 is 0 Å². The van der Waals surface area contributed by atoms with Crippen LogP contribution in [0.2, 0.25) is 0 Å². The third kappa shape index (κ3) is 1.28. The molecule has 6 nitrogen and oxygen atoms in total. The summed E-state index contributed by atoms with van der Waals surface area (Å²) in [5.41, 5.74) is -0.464. The van der Waals surface area contributed by atoms with Gasteiger partial charge in [-0.15, -0.1) is 0 Å². The number of rotatable bonds is 1. The molecule has 3 heterocycles. The highest BCUT2D eigenvalue weighted by molar-refractivity contribution is 6.07. The molecule has 0 unspecified atom stereocenters. The standard InChI is InChI=1S/C12H18N2O4/c1-12-5-3-4-7(6-15)14(12)18-9-8(12)10(16)13(2)11(9)17/h7-9,15H,3-6H2,1-2H3/t7-,8+,9-,12-/m0/s1. The maximum atomic E-state index is 12.2. The van der Waals surface area contributed by atoms with Crippen molar-refractivity contribution < 1.29 is 19.5 Å². The smallest absolute Gasteiger partial charge is 0.261 e. The van der Waals surface area contributed by atoms with E-state index in [9.17, 15) is 14.7 Å². The summed E-state index contributed by atoms with van der Waals surface area (Å²) < 4.78 is 0. The number of hydroxylamine groups is 2. The van der Waals surface area contributed by atoms with Crippen LogP contribution >= 0.6 is 0 Å². The number of likely N-dealkylation sites (N-methyl/N-ethyl adjacent to an activating group) is 1. The van der Waals surface area contributed by atoms with Crippen LogP contribution in [0, 0.1) is 5.92 Å². The monoisotopic (exact) mass is 254 g/mol. The molecule has 0 saturated carbocycles. The lowest BCUT2D eigenvalue weighted by atomic mass is 9.76. The van der Waals surface area contributed by atoms with Crippen molar-refractivity contribution in [1.82, 2.24) is 9.96 Å². The molecular formula is C12H18N2O4. The normalized spacial score (nSPS) is 44.4. The van der Waals surface area contributed by atoms with Crippen LogP contribution in [0.5, 0.6) is 0 Å². The van der Waals surface area contributed by atoms with Crippen molar-refractivity contribution >= 4 is 11.8 Å². The van der Waals surface area contributed by atoms with Crippen LogP contribution in [0.4, 0.5) is 0 Å². The number of likely N-dealkylation sites (tertiary alicyclic amines) is 1. The predicted molar refractivity (Wildman–Crippen MR) is 61.1 cm³/mol. The number of hydrogen-bond acceptors (Lipinski definition) is 5. The maximum absolute atomic E-state index is 12.2. The molecule has 0 aromatic carbocycles. The molecule has 3 aliphatic heterocycles. The Hall–Kier alpha value is -0.980. The minimum absolute atomic E-state index is 0.00670. The Morgan fingerprint density at radius 2 is 2.17 bits per heavy atom. The Morgan fingerprint density at radius 3 is 2.83 bits per heavy atom. The Balaban J connectivity index is 1.99. The summed E-state index contributed by atoms with van der Waals surface area (Å²) in [6.07, 6.45) is 1.90. The molecule has 0 spiro atoms. The van der Waals surface area contributed by atoms with Gasteiger partial charge in [0.15, 0.2) is 6.10 Å². The van der Waals surface area contributed by atoms with Crippen molar-refractivity contribution in [1.29, 1.82) is 0 Å². The Bertz CT molecular complexity index is 413. The van der Waals surface area contributed by atoms with Crippen LogP contribution in [-0.4, -0.2) is 58.2 Å². The van der Waals surface area contributed by atoms with Gasteiger partial charge in [-0.05, 0) is 26.2 Å². The summed E-state index contributed by atoms with van der Waals surface area (Å²) in [6.45, 7) is 1.96. The SMILES string of the molecule is CN1C(=O)[C@H]2ON3[C@H](CO)CCC[C@@]3(C)[C@H]2C1=O. The van der Waals surface area contributed by atoms with Gasteiger partial charge in [-0.3, -0.25) is 19.3 Å². The van der Waals surface area contributed by atoms with E-state index in [-0.39, 0.29) is 24.5 Å². The van der Waals surface area contributed by atoms with Crippen LogP contribution < -0.4 is 0 Å². The van der Waals surface area contributed by atoms with E-state index < -0.39 is 17.6 Å². The number of imide groups is 1. The van der Waals surface area contributed by atoms with Crippen LogP contribution in [0.3, 0.4) is 0 Å². The van der Waals surface area contributed by atoms with Gasteiger partial charge in [0.1, 0.15) is 0 Å². The molecule has 0 aromatic rings. The number of amides is 2. The minimum Gasteiger partial charge on any atom is -0.395 e. The molecule has 2 amide bonds. The Kier molecular flexibility index (Phi) is 2.52. The molecule has 0 radical (unpaired) electrons. The predicted octanol–water partition coefficient (Wildman–Crippen LogP) is -0.480. The van der Waals surface area contributed by atoms with Crippen molar-refractivity contribution in [3.63, 3.8) is 0 Å². The molecule has 0 aliphatic carbocycles. The van der Waals surface area contributed by atoms with E-state index in [2.05, 4.69) is 0 Å². The quantitative estimate of drug-likeness (QED) is 0.640. The van der Waals surface area contributed by atoms with Gasteiger partial charge in [0, 0.05) is 7.05 Å². The number of aliphatic hydroxyl groups excluding tert-OH is 1. The minimum atomic E-state index is -0.695. The van der Waals surface area contributed by atoms with Gasteiger partial charge in [0.25, 0.3) is 5.91 Å². The van der Waals surface area contributed by atoms with E-state index in [1.54, 1.807) is 5.06 Å². The zero-order valence-corrected chi connectivity index (χ0v) is 10.6. The molecule has 4 atom stereocenters. The number of carbonyl (C=O) groups excluding carboxylic acids is 2. The number of piperidine rings is 1. The third-order valence-electron chi connectivity index (χ3n) is 4.64. The van der Waals surface area contributed by atoms with Gasteiger partial charge < -0.3 is 5.11 Å². The highest BCUT2D eigenvalue weighted by atomic mass is 16.7. The Labute approximate surface area is 105 Å². The molecule has 3 saturated heterocycles. The van der Waals surface area contributed by atoms with Gasteiger partial charge in [0.2, 0.25) is 5.91 Å². The average molecular weight is 254 g/mol. The molecule has 1 N–H and O–H groups in total. The summed E-state index contributed by atoms with van der Waals surface area (Å²) >= 11 is 0. The molecule has 6 heteroatoms. The summed E-state index contributed by atoms with van der Waals surface area (Å²) in [6, 6.07) is -0.111. The van der Waals surface area contributed by atoms with Crippen molar-refractivity contribution in [2.24, 2.45) is 5.92 Å². The van der Waals surface area contributed by atoms with Gasteiger partial charge in [-0.2, -0.15) is 5.06 Å². The van der Waals surface area contributed by atoms with Crippen LogP contribution in [0.15, 0.2) is 0 Å². The highest BCUT2D eigenvalue weighted by Crippen LogP contribution is 2.48. The molecule has 3 fully saturated rings. The van der Waals surface area contributed by atoms with Gasteiger partial charge in [-0.25, -0.2) is 0 Å². The average Bonchev–Trinajstić information content (AvgIpc) is 2.78. The second-order valence-electron chi connectivity index (χ2n) is 5.65. The first-order chi connectivity index (χ1) is 8.50. The lowest BCUT2D eigenvalue weighted by molar-refractivity contribution is -0.231. The fourth-order valence-electron chi connectivity index (χ4n) is 3.61. The number of aliphatic hydroxyl groups is 1. The summed E-state index contributed by atoms with van der Waals surface area (Å²) in [5, 5.41) is 11.1. The van der Waals surface area contributed by atoms with E-state index in [0.29, 0.717) is 0 Å². The molecule has 0 bridgehead atoms. The highest BCUT2D eigenvalue weighted by Gasteiger charge is 2.65. The Morgan fingerprint density at radius 1 is 1.44 bits per heavy atom. The summed E-state index contributed by atoms with van der Waals surface area (Å²) in [4.78, 5) is 31.0. The van der Waals surface area contributed by atoms with E-state index in [1.165, 1.54) is 11.9 Å². The number of nitrogens with zero attached hydrogens (tertiary/aromatic N) is 2. The summed E-state index contributed by atoms with van der Waals surface area (Å²) in [7, 11) is 1.51. The molecular weight excluding hydrogens is 236 g/mol. The number of carbonyl (C=O) groups is 2. The van der Waals surface area contributed by atoms with Gasteiger partial charge in [-0.1, -0.05) is 0 Å². The molecule has 3 rings (SSSR count). The van der Waals surface area contributed by atoms with Crippen molar-refractivity contribution in [3.05, 3.63) is 0 Å². The van der Waals surface area contributed by atoms with E-state index in [1.807, 2.05) is 6.92 Å². The lowest BCUT2D eigenvalue weighted by Crippen LogP contribution is -2.56. The van der Waals surface area contributed by atoms with Crippen molar-refractivity contribution in [3.8, 4) is 0 Å². The van der Waals surface area contributed by atoms with Crippen LogP contribution in [-0.2, 0) is 14.4 Å². The van der Waals surface area contributed by atoms with Gasteiger partial charge in [0.05, 0.1) is 24.1 Å². The topological polar surface area (TPSA) is 70.1 Å². The number of hydrogen-bond donors (Lipinski definition) is 1. The second kappa shape index (κ2) is 3.76. The van der Waals surface area contributed by atoms with E-state index in [0.717, 1.165) is 19.3 Å². The second-order valence-corrected chi connectivity index (χ2v) is 5.65. The first-order valence-corrected chi connectivity index (χ1v) is 6.39. The summed E-state index contributed by atoms with van der Waals surface area (Å²) in [5.74, 6) is -0.852. The fraction of sp³-hybridized carbons (Fsp3) is 0.833. The molecule has 100 valence electrons. The van der Waals surface area contributed by atoms with Crippen LogP contribution in [0.1, 0.15) is 26.2 Å². The van der Waals surface area contributed by atoms with Crippen molar-refractivity contribution in [2.45, 2.75) is 43.9 Å². The van der Waals surface area contributed by atoms with E-state index in [4.69, 9.17) is 4.84 Å². The maximum Gasteiger partial charge on any atom is 0.261 e. The third-order valence-corrected chi connectivity index (χ3v) is 4.64. The van der Waals surface area contributed by atoms with Crippen LogP contribution in [0.25, 0.3) is 0 Å². The lowest BCUT2D eigenvalue weighted by Gasteiger charge is -2.44. The fourth-order valence-corrected chi connectivity index (χ4v) is 3.61. The first kappa shape index (κ1) is 12.1. The largest absolute Gasteiger partial charge is 0.395 e. The molecule has 3 aliphatic rings. The van der Waals surface area contributed by atoms with Crippen molar-refractivity contribution in [2.75, 3.05) is 13.7 Å².